The normalized spacial score (nSPS) is 27.7. The zero-order chi connectivity index (χ0) is 18.2. The Morgan fingerprint density at radius 3 is 2.35 bits per heavy atom. The highest BCUT2D eigenvalue weighted by Crippen LogP contribution is 2.38. The first-order chi connectivity index (χ1) is 12.5. The molecule has 3 aliphatic rings. The molecule has 3 fully saturated rings. The molecule has 0 aliphatic carbocycles. The summed E-state index contributed by atoms with van der Waals surface area (Å²) in [6, 6.07) is 8.58. The molecule has 2 aromatic rings. The molecule has 140 valence electrons. The van der Waals surface area contributed by atoms with Crippen molar-refractivity contribution in [2.75, 3.05) is 26.4 Å². The lowest BCUT2D eigenvalue weighted by atomic mass is 9.92. The molecule has 0 spiro atoms. The number of hydrogen-bond acceptors (Lipinski definition) is 5. The Morgan fingerprint density at radius 1 is 1.00 bits per heavy atom. The molecule has 4 heterocycles. The molecule has 0 N–H and O–H groups in total. The second kappa shape index (κ2) is 6.97. The van der Waals surface area contributed by atoms with Gasteiger partial charge in [0.05, 0.1) is 19.8 Å². The van der Waals surface area contributed by atoms with E-state index < -0.39 is 5.97 Å². The van der Waals surface area contributed by atoms with Gasteiger partial charge in [-0.1, -0.05) is 19.1 Å². The second-order valence-corrected chi connectivity index (χ2v) is 8.78. The Kier molecular flexibility index (Phi) is 4.82. The molecule has 4 nitrogen and oxygen atoms in total. The van der Waals surface area contributed by atoms with Gasteiger partial charge in [0.25, 0.3) is 0 Å². The zero-order valence-corrected chi connectivity index (χ0v) is 16.5. The fourth-order valence-corrected chi connectivity index (χ4v) is 4.25. The highest BCUT2D eigenvalue weighted by Gasteiger charge is 2.51. The van der Waals surface area contributed by atoms with Gasteiger partial charge in [0.1, 0.15) is 5.75 Å². The third-order valence-corrected chi connectivity index (χ3v) is 6.26. The second-order valence-electron chi connectivity index (χ2n) is 7.78. The maximum absolute atomic E-state index is 5.98. The first kappa shape index (κ1) is 18.0. The Balaban J connectivity index is 1.35. The molecule has 0 unspecified atom stereocenters. The van der Waals surface area contributed by atoms with Crippen molar-refractivity contribution in [3.05, 3.63) is 51.2 Å². The molecule has 0 amide bonds. The van der Waals surface area contributed by atoms with Gasteiger partial charge in [-0.15, -0.1) is 11.3 Å². The van der Waals surface area contributed by atoms with E-state index in [9.17, 15) is 0 Å². The zero-order valence-electron chi connectivity index (χ0n) is 15.7. The third-order valence-electron chi connectivity index (χ3n) is 5.17. The molecule has 26 heavy (non-hydrogen) atoms. The van der Waals surface area contributed by atoms with Crippen LogP contribution in [0.2, 0.25) is 0 Å². The van der Waals surface area contributed by atoms with E-state index in [4.69, 9.17) is 18.9 Å². The fraction of sp³-hybridized carbons (Fsp3) is 0.524. The summed E-state index contributed by atoms with van der Waals surface area (Å²) in [5.74, 6) is -0.190. The van der Waals surface area contributed by atoms with Crippen molar-refractivity contribution in [3.63, 3.8) is 0 Å². The average molecular weight is 375 g/mol. The summed E-state index contributed by atoms with van der Waals surface area (Å²) >= 11 is 1.84. The summed E-state index contributed by atoms with van der Waals surface area (Å²) in [5, 5.41) is 2.16. The topological polar surface area (TPSA) is 36.9 Å². The van der Waals surface area contributed by atoms with Crippen LogP contribution in [-0.4, -0.2) is 32.4 Å². The molecule has 5 heteroatoms. The van der Waals surface area contributed by atoms with Gasteiger partial charge in [0, 0.05) is 10.3 Å². The molecular weight excluding hydrogens is 348 g/mol. The number of ether oxygens (including phenoxy) is 4. The van der Waals surface area contributed by atoms with Gasteiger partial charge in [-0.3, -0.25) is 0 Å². The van der Waals surface area contributed by atoms with Gasteiger partial charge < -0.3 is 18.9 Å². The standard InChI is InChI=1S/C21H26O4S/c1-15-8-9-26-19(15)7-5-17-4-6-18(16(2)10-17)22-14-21-23-11-20(3,12-24-21)13-25-21/h4,6,8-10H,5,7,11-14H2,1-3H3. The van der Waals surface area contributed by atoms with Crippen LogP contribution in [0.15, 0.2) is 29.6 Å². The van der Waals surface area contributed by atoms with Gasteiger partial charge >= 0.3 is 5.97 Å². The van der Waals surface area contributed by atoms with Crippen LogP contribution in [0.25, 0.3) is 0 Å². The van der Waals surface area contributed by atoms with Crippen molar-refractivity contribution in [2.45, 2.75) is 39.6 Å². The Hall–Kier alpha value is -1.40. The number of aryl methyl sites for hydroxylation is 4. The smallest absolute Gasteiger partial charge is 0.319 e. The van der Waals surface area contributed by atoms with Gasteiger partial charge in [-0.2, -0.15) is 0 Å². The van der Waals surface area contributed by atoms with Gasteiger partial charge in [0.15, 0.2) is 6.61 Å². The summed E-state index contributed by atoms with van der Waals surface area (Å²) in [4.78, 5) is 1.47. The predicted octanol–water partition coefficient (Wildman–Crippen LogP) is 4.27. The first-order valence-electron chi connectivity index (χ1n) is 9.14. The molecule has 1 aromatic carbocycles. The minimum Gasteiger partial charge on any atom is -0.485 e. The van der Waals surface area contributed by atoms with Crippen molar-refractivity contribution in [1.29, 1.82) is 0 Å². The SMILES string of the molecule is Cc1cc(CCc2sccc2C)ccc1OCC12OCC(C)(CO1)CO2. The molecule has 0 saturated carbocycles. The Bertz CT molecular complexity index is 758. The summed E-state index contributed by atoms with van der Waals surface area (Å²) in [6.45, 7) is 8.56. The van der Waals surface area contributed by atoms with E-state index in [1.165, 1.54) is 16.0 Å². The monoisotopic (exact) mass is 374 g/mol. The average Bonchev–Trinajstić information content (AvgIpc) is 3.05. The van der Waals surface area contributed by atoms with Crippen LogP contribution >= 0.6 is 11.3 Å². The predicted molar refractivity (Wildman–Crippen MR) is 102 cm³/mol. The Morgan fingerprint density at radius 2 is 1.73 bits per heavy atom. The summed E-state index contributed by atoms with van der Waals surface area (Å²) < 4.78 is 23.3. The molecule has 3 saturated heterocycles. The van der Waals surface area contributed by atoms with E-state index >= 15 is 0 Å². The lowest BCUT2D eigenvalue weighted by Gasteiger charge is -2.49. The van der Waals surface area contributed by atoms with Crippen LogP contribution in [0.5, 0.6) is 5.75 Å². The van der Waals surface area contributed by atoms with Gasteiger partial charge in [-0.25, -0.2) is 0 Å². The number of fused-ring (bicyclic) bond motifs is 3. The van der Waals surface area contributed by atoms with Crippen LogP contribution in [0.3, 0.4) is 0 Å². The quantitative estimate of drug-likeness (QED) is 0.757. The van der Waals surface area contributed by atoms with Crippen molar-refractivity contribution >= 4 is 11.3 Å². The molecule has 0 atom stereocenters. The molecule has 1 aromatic heterocycles. The maximum atomic E-state index is 5.98. The Labute approximate surface area is 159 Å². The van der Waals surface area contributed by atoms with Crippen LogP contribution in [-0.2, 0) is 27.1 Å². The summed E-state index contributed by atoms with van der Waals surface area (Å²) in [6.07, 6.45) is 2.13. The van der Waals surface area contributed by atoms with E-state index in [0.29, 0.717) is 19.8 Å². The number of thiophene rings is 1. The molecule has 0 radical (unpaired) electrons. The highest BCUT2D eigenvalue weighted by atomic mass is 32.1. The number of hydrogen-bond donors (Lipinski definition) is 0. The van der Waals surface area contributed by atoms with Crippen molar-refractivity contribution in [1.82, 2.24) is 0 Å². The molecule has 2 bridgehead atoms. The van der Waals surface area contributed by atoms with Crippen LogP contribution < -0.4 is 4.74 Å². The summed E-state index contributed by atoms with van der Waals surface area (Å²) in [5.41, 5.74) is 3.82. The van der Waals surface area contributed by atoms with Gasteiger partial charge in [-0.05, 0) is 60.9 Å². The van der Waals surface area contributed by atoms with E-state index in [1.807, 2.05) is 17.4 Å². The largest absolute Gasteiger partial charge is 0.485 e. The fourth-order valence-electron chi connectivity index (χ4n) is 3.34. The van der Waals surface area contributed by atoms with E-state index in [-0.39, 0.29) is 12.0 Å². The van der Waals surface area contributed by atoms with Crippen LogP contribution in [0.4, 0.5) is 0 Å². The van der Waals surface area contributed by atoms with E-state index in [0.717, 1.165) is 24.2 Å². The minimum atomic E-state index is -1.04. The van der Waals surface area contributed by atoms with E-state index in [1.54, 1.807) is 0 Å². The van der Waals surface area contributed by atoms with Crippen molar-refractivity contribution in [3.8, 4) is 5.75 Å². The number of rotatable bonds is 6. The highest BCUT2D eigenvalue weighted by molar-refractivity contribution is 7.10. The number of benzene rings is 1. The van der Waals surface area contributed by atoms with Crippen LogP contribution in [0, 0.1) is 19.3 Å². The van der Waals surface area contributed by atoms with Crippen LogP contribution in [0.1, 0.15) is 28.5 Å². The molecule has 3 aliphatic heterocycles. The maximum Gasteiger partial charge on any atom is 0.319 e. The van der Waals surface area contributed by atoms with E-state index in [2.05, 4.69) is 44.4 Å². The van der Waals surface area contributed by atoms with Crippen molar-refractivity contribution in [2.24, 2.45) is 5.41 Å². The first-order valence-corrected chi connectivity index (χ1v) is 10.0. The molecule has 5 rings (SSSR count). The molecular formula is C21H26O4S. The third kappa shape index (κ3) is 3.67. The minimum absolute atomic E-state index is 0.0275. The van der Waals surface area contributed by atoms with Gasteiger partial charge in [0.2, 0.25) is 0 Å². The lowest BCUT2D eigenvalue weighted by Crippen LogP contribution is -2.61. The lowest BCUT2D eigenvalue weighted by molar-refractivity contribution is -0.470. The van der Waals surface area contributed by atoms with Crippen molar-refractivity contribution < 1.29 is 18.9 Å². The summed E-state index contributed by atoms with van der Waals surface area (Å²) in [7, 11) is 0.